The van der Waals surface area contributed by atoms with E-state index in [1.54, 1.807) is 12.1 Å². The van der Waals surface area contributed by atoms with Crippen LogP contribution in [-0.2, 0) is 14.4 Å². The molecular weight excluding hydrogens is 406 g/mol. The second kappa shape index (κ2) is 6.92. The number of fused-ring (bicyclic) bond motifs is 3. The summed E-state index contributed by atoms with van der Waals surface area (Å²) < 4.78 is 39.0. The number of methoxy groups -OCH3 is 2. The molecule has 10 heteroatoms. The van der Waals surface area contributed by atoms with Crippen LogP contribution in [0.1, 0.15) is 12.8 Å². The lowest BCUT2D eigenvalue weighted by atomic mass is 10.2. The van der Waals surface area contributed by atoms with Crippen molar-refractivity contribution in [3.63, 3.8) is 0 Å². The quantitative estimate of drug-likeness (QED) is 0.469. The fraction of sp³-hybridized carbons (Fsp3) is 0.250. The van der Waals surface area contributed by atoms with Gasteiger partial charge in [-0.25, -0.2) is 4.98 Å². The van der Waals surface area contributed by atoms with E-state index in [0.29, 0.717) is 17.6 Å². The normalized spacial score (nSPS) is 15.8. The standard InChI is InChI=1S/C20H19N5O4S/c1-28-13-9-10-16(29-2)17(11-13)30(26,27)20-19-22-18(21-12-7-8-12)14-5-3-4-6-15(14)25(19)24-23-20/h3-6,9-12H,7-8H2,1-2H3,(H-,21,22,26,27). The predicted molar refractivity (Wildman–Crippen MR) is 110 cm³/mol. The summed E-state index contributed by atoms with van der Waals surface area (Å²) in [4.78, 5) is 4.55. The van der Waals surface area contributed by atoms with Crippen molar-refractivity contribution in [2.24, 2.45) is 0 Å². The minimum Gasteiger partial charge on any atom is -0.604 e. The summed E-state index contributed by atoms with van der Waals surface area (Å²) in [5.41, 5.74) is 0.874. The zero-order valence-corrected chi connectivity index (χ0v) is 17.2. The van der Waals surface area contributed by atoms with Gasteiger partial charge in [0.25, 0.3) is 0 Å². The molecule has 0 aliphatic heterocycles. The molecule has 0 saturated heterocycles. The van der Waals surface area contributed by atoms with Gasteiger partial charge in [0.15, 0.2) is 5.75 Å². The van der Waals surface area contributed by atoms with Crippen LogP contribution in [0.4, 0.5) is 5.82 Å². The van der Waals surface area contributed by atoms with Gasteiger partial charge in [-0.1, -0.05) is 26.7 Å². The van der Waals surface area contributed by atoms with Gasteiger partial charge in [-0.2, -0.15) is 4.52 Å². The van der Waals surface area contributed by atoms with Crippen LogP contribution in [-0.4, -0.2) is 44.6 Å². The van der Waals surface area contributed by atoms with Crippen molar-refractivity contribution in [1.82, 2.24) is 19.8 Å². The number of para-hydroxylation sites is 1. The van der Waals surface area contributed by atoms with Gasteiger partial charge in [0.2, 0.25) is 10.5 Å². The van der Waals surface area contributed by atoms with Crippen LogP contribution in [0.15, 0.2) is 52.4 Å². The number of rotatable bonds is 6. The average molecular weight is 425 g/mol. The molecule has 5 rings (SSSR count). The fourth-order valence-electron chi connectivity index (χ4n) is 3.35. The van der Waals surface area contributed by atoms with Crippen LogP contribution in [0.25, 0.3) is 16.6 Å². The van der Waals surface area contributed by atoms with Gasteiger partial charge in [-0.15, -0.1) is 0 Å². The molecule has 30 heavy (non-hydrogen) atoms. The Morgan fingerprint density at radius 3 is 2.70 bits per heavy atom. The molecule has 2 heterocycles. The van der Waals surface area contributed by atoms with E-state index < -0.39 is 10.2 Å². The summed E-state index contributed by atoms with van der Waals surface area (Å²) in [6, 6.07) is 12.5. The monoisotopic (exact) mass is 425 g/mol. The molecule has 1 aliphatic carbocycles. The van der Waals surface area contributed by atoms with Crippen molar-refractivity contribution in [1.29, 1.82) is 0 Å². The van der Waals surface area contributed by atoms with Crippen molar-refractivity contribution in [2.75, 3.05) is 19.5 Å². The molecule has 1 atom stereocenters. The van der Waals surface area contributed by atoms with Gasteiger partial charge < -0.3 is 19.3 Å². The van der Waals surface area contributed by atoms with Crippen LogP contribution >= 0.6 is 0 Å². The van der Waals surface area contributed by atoms with Crippen LogP contribution < -0.4 is 14.8 Å². The first kappa shape index (κ1) is 18.8. The molecule has 0 bridgehead atoms. The highest BCUT2D eigenvalue weighted by Gasteiger charge is 2.36. The molecule has 9 nitrogen and oxygen atoms in total. The number of sulfone groups is 1. The highest BCUT2D eigenvalue weighted by Crippen LogP contribution is 2.37. The van der Waals surface area contributed by atoms with E-state index in [-0.39, 0.29) is 21.3 Å². The first-order valence-electron chi connectivity index (χ1n) is 9.40. The Kier molecular flexibility index (Phi) is 4.33. The van der Waals surface area contributed by atoms with Crippen molar-refractivity contribution in [2.45, 2.75) is 28.8 Å². The molecule has 1 fully saturated rings. The van der Waals surface area contributed by atoms with Gasteiger partial charge >= 0.3 is 5.03 Å². The van der Waals surface area contributed by atoms with Crippen molar-refractivity contribution < 1.29 is 18.2 Å². The van der Waals surface area contributed by atoms with Gasteiger partial charge in [-0.05, 0) is 37.1 Å². The van der Waals surface area contributed by atoms with E-state index in [1.807, 2.05) is 24.3 Å². The van der Waals surface area contributed by atoms with Gasteiger partial charge in [0.05, 0.1) is 19.7 Å². The Morgan fingerprint density at radius 2 is 1.97 bits per heavy atom. The average Bonchev–Trinajstić information content (AvgIpc) is 3.48. The van der Waals surface area contributed by atoms with Crippen molar-refractivity contribution >= 4 is 32.6 Å². The Balaban J connectivity index is 1.75. The number of nitrogens with zero attached hydrogens (tertiary/aromatic N) is 4. The first-order chi connectivity index (χ1) is 14.5. The van der Waals surface area contributed by atoms with Crippen molar-refractivity contribution in [3.05, 3.63) is 42.5 Å². The molecule has 154 valence electrons. The zero-order valence-electron chi connectivity index (χ0n) is 16.4. The van der Waals surface area contributed by atoms with E-state index in [1.165, 1.54) is 24.8 Å². The molecule has 2 aromatic carbocycles. The number of benzene rings is 2. The molecule has 2 aromatic heterocycles. The first-order valence-corrected chi connectivity index (χ1v) is 10.9. The Labute approximate surface area is 173 Å². The molecule has 4 aromatic rings. The minimum atomic E-state index is -4.09. The van der Waals surface area contributed by atoms with E-state index in [2.05, 4.69) is 20.6 Å². The largest absolute Gasteiger partial charge is 0.604 e. The van der Waals surface area contributed by atoms with Gasteiger partial charge in [0.1, 0.15) is 21.8 Å². The van der Waals surface area contributed by atoms with Gasteiger partial charge in [0, 0.05) is 17.5 Å². The number of hydrogen-bond acceptors (Lipinski definition) is 8. The summed E-state index contributed by atoms with van der Waals surface area (Å²) >= 11 is 0. The Bertz CT molecular complexity index is 1320. The lowest BCUT2D eigenvalue weighted by Crippen LogP contribution is -2.14. The topological polar surface area (TPSA) is 114 Å². The Morgan fingerprint density at radius 1 is 1.17 bits per heavy atom. The Hall–Kier alpha value is -3.24. The molecule has 0 radical (unpaired) electrons. The third-order valence-electron chi connectivity index (χ3n) is 5.06. The number of nitrogens with one attached hydrogen (secondary N) is 1. The molecule has 1 unspecified atom stereocenters. The van der Waals surface area contributed by atoms with E-state index >= 15 is 0 Å². The summed E-state index contributed by atoms with van der Waals surface area (Å²) in [5.74, 6) is 1.20. The number of ether oxygens (including phenoxy) is 2. The third-order valence-corrected chi connectivity index (χ3v) is 6.73. The smallest absolute Gasteiger partial charge is 0.318 e. The maximum absolute atomic E-state index is 13.5. The molecule has 1 N–H and O–H groups in total. The predicted octanol–water partition coefficient (Wildman–Crippen LogP) is 2.92. The summed E-state index contributed by atoms with van der Waals surface area (Å²) in [7, 11) is -1.21. The van der Waals surface area contributed by atoms with Crippen LogP contribution in [0, 0.1) is 0 Å². The van der Waals surface area contributed by atoms with E-state index in [0.717, 1.165) is 23.7 Å². The van der Waals surface area contributed by atoms with Crippen LogP contribution in [0.2, 0.25) is 0 Å². The number of hydrogen-bond donors (Lipinski definition) is 1. The highest BCUT2D eigenvalue weighted by molar-refractivity contribution is 7.97. The summed E-state index contributed by atoms with van der Waals surface area (Å²) in [6.07, 6.45) is 2.12. The summed E-state index contributed by atoms with van der Waals surface area (Å²) in [5, 5.41) is 12.1. The molecule has 0 amide bonds. The number of anilines is 1. The lowest BCUT2D eigenvalue weighted by molar-refractivity contribution is 0.388. The second-order valence-electron chi connectivity index (χ2n) is 7.05. The third kappa shape index (κ3) is 2.96. The van der Waals surface area contributed by atoms with Crippen LogP contribution in [0.3, 0.4) is 0 Å². The second-order valence-corrected chi connectivity index (χ2v) is 8.88. The maximum atomic E-state index is 13.5. The summed E-state index contributed by atoms with van der Waals surface area (Å²) in [6.45, 7) is 0. The van der Waals surface area contributed by atoms with E-state index in [4.69, 9.17) is 9.47 Å². The lowest BCUT2D eigenvalue weighted by Gasteiger charge is -2.15. The zero-order chi connectivity index (χ0) is 20.9. The SMILES string of the molecule is COc1ccc(OC)c([S+](=O)([O-])c2nnn3c2nc(NC2CC2)c2ccccc23)c1. The molecule has 1 saturated carbocycles. The molecule has 0 spiro atoms. The van der Waals surface area contributed by atoms with Crippen LogP contribution in [0.5, 0.6) is 11.5 Å². The highest BCUT2D eigenvalue weighted by atomic mass is 32.3. The minimum absolute atomic E-state index is 0.0570. The van der Waals surface area contributed by atoms with Gasteiger partial charge in [-0.3, -0.25) is 0 Å². The maximum Gasteiger partial charge on any atom is 0.318 e. The fourth-order valence-corrected chi connectivity index (χ4v) is 4.76. The molecular formula is C20H19N5O4S. The van der Waals surface area contributed by atoms with Crippen molar-refractivity contribution in [3.8, 4) is 11.5 Å². The number of aromatic nitrogens is 4. The molecule has 1 aliphatic rings. The van der Waals surface area contributed by atoms with E-state index in [9.17, 15) is 8.76 Å².